The molecule has 0 saturated carbocycles. The van der Waals surface area contributed by atoms with Crippen molar-refractivity contribution < 1.29 is 5.11 Å². The molecule has 0 saturated heterocycles. The molecule has 0 spiro atoms. The fourth-order valence-electron chi connectivity index (χ4n) is 1.85. The first kappa shape index (κ1) is 13.7. The first-order chi connectivity index (χ1) is 7.78. The Morgan fingerprint density at radius 1 is 1.18 bits per heavy atom. The summed E-state index contributed by atoms with van der Waals surface area (Å²) in [5.41, 5.74) is -1.09. The van der Waals surface area contributed by atoms with Crippen LogP contribution in [0.4, 0.5) is 5.69 Å². The van der Waals surface area contributed by atoms with Gasteiger partial charge < -0.3 is 10.0 Å². The Labute approximate surface area is 102 Å². The van der Waals surface area contributed by atoms with Crippen LogP contribution in [0.25, 0.3) is 0 Å². The average Bonchev–Trinajstić information content (AvgIpc) is 2.23. The van der Waals surface area contributed by atoms with Crippen molar-refractivity contribution in [2.45, 2.75) is 40.5 Å². The summed E-state index contributed by atoms with van der Waals surface area (Å²) in [5.74, 6) is -0.365. The van der Waals surface area contributed by atoms with Gasteiger partial charge in [-0.25, -0.2) is 0 Å². The van der Waals surface area contributed by atoms with Gasteiger partial charge in [0.15, 0.2) is 5.75 Å². The van der Waals surface area contributed by atoms with Gasteiger partial charge in [0.25, 0.3) is 10.9 Å². The first-order valence-corrected chi connectivity index (χ1v) is 6.05. The number of anilines is 1. The molecule has 0 atom stereocenters. The molecule has 0 amide bonds. The molecule has 0 bridgehead atoms. The lowest BCUT2D eigenvalue weighted by molar-refractivity contribution is 0.400. The van der Waals surface area contributed by atoms with E-state index in [4.69, 9.17) is 0 Å². The summed E-state index contributed by atoms with van der Waals surface area (Å²) in [6.07, 6.45) is 1.95. The molecule has 1 rings (SSSR count). The van der Waals surface area contributed by atoms with Crippen LogP contribution in [0, 0.1) is 5.41 Å². The largest absolute Gasteiger partial charge is 0.502 e. The van der Waals surface area contributed by atoms with E-state index in [1.54, 1.807) is 0 Å². The van der Waals surface area contributed by atoms with Crippen LogP contribution in [-0.4, -0.2) is 18.2 Å². The second-order valence-electron chi connectivity index (χ2n) is 5.69. The zero-order valence-electron chi connectivity index (χ0n) is 11.0. The summed E-state index contributed by atoms with van der Waals surface area (Å²) in [6, 6.07) is 0. The van der Waals surface area contributed by atoms with Crippen molar-refractivity contribution in [1.29, 1.82) is 0 Å². The van der Waals surface area contributed by atoms with Crippen LogP contribution in [0.15, 0.2) is 9.59 Å². The lowest BCUT2D eigenvalue weighted by Crippen LogP contribution is -2.43. The minimum Gasteiger partial charge on any atom is -0.502 e. The zero-order chi connectivity index (χ0) is 13.2. The smallest absolute Gasteiger partial charge is 0.271 e. The van der Waals surface area contributed by atoms with Gasteiger partial charge in [0, 0.05) is 13.1 Å². The van der Waals surface area contributed by atoms with Gasteiger partial charge in [-0.2, -0.15) is 0 Å². The Hall–Kier alpha value is -1.32. The SMILES string of the molecule is CCCCN(CC(C)(C)C)c1c(O)c(=O)c1=O. The summed E-state index contributed by atoms with van der Waals surface area (Å²) < 4.78 is 0. The Morgan fingerprint density at radius 2 is 1.76 bits per heavy atom. The molecule has 1 N–H and O–H groups in total. The summed E-state index contributed by atoms with van der Waals surface area (Å²) in [7, 11) is 0. The van der Waals surface area contributed by atoms with E-state index < -0.39 is 10.9 Å². The van der Waals surface area contributed by atoms with Gasteiger partial charge in [-0.05, 0) is 11.8 Å². The quantitative estimate of drug-likeness (QED) is 0.794. The van der Waals surface area contributed by atoms with Gasteiger partial charge in [0.2, 0.25) is 0 Å². The highest BCUT2D eigenvalue weighted by Gasteiger charge is 2.27. The fraction of sp³-hybridized carbons (Fsp3) is 0.692. The van der Waals surface area contributed by atoms with Crippen LogP contribution in [0.3, 0.4) is 0 Å². The first-order valence-electron chi connectivity index (χ1n) is 6.05. The van der Waals surface area contributed by atoms with Crippen molar-refractivity contribution >= 4 is 5.69 Å². The molecular formula is C13H21NO3. The van der Waals surface area contributed by atoms with Crippen molar-refractivity contribution in [1.82, 2.24) is 0 Å². The van der Waals surface area contributed by atoms with E-state index in [-0.39, 0.29) is 16.9 Å². The molecule has 0 unspecified atom stereocenters. The molecule has 0 aliphatic heterocycles. The van der Waals surface area contributed by atoms with Crippen molar-refractivity contribution in [2.24, 2.45) is 5.41 Å². The number of nitrogens with zero attached hydrogens (tertiary/aromatic N) is 1. The van der Waals surface area contributed by atoms with E-state index in [1.165, 1.54) is 0 Å². The highest BCUT2D eigenvalue weighted by Crippen LogP contribution is 2.25. The molecule has 1 aromatic rings. The molecule has 96 valence electrons. The highest BCUT2D eigenvalue weighted by atomic mass is 16.3. The van der Waals surface area contributed by atoms with Crippen LogP contribution >= 0.6 is 0 Å². The standard InChI is InChI=1S/C13H21NO3/c1-5-6-7-14(8-13(2,3)4)9-10(15)12(17)11(9)16/h15H,5-8H2,1-4H3. The van der Waals surface area contributed by atoms with Crippen LogP contribution in [0.5, 0.6) is 5.75 Å². The maximum absolute atomic E-state index is 11.5. The Kier molecular flexibility index (Phi) is 3.96. The van der Waals surface area contributed by atoms with E-state index in [2.05, 4.69) is 27.7 Å². The van der Waals surface area contributed by atoms with Gasteiger partial charge in [-0.15, -0.1) is 0 Å². The third-order valence-electron chi connectivity index (χ3n) is 2.62. The fourth-order valence-corrected chi connectivity index (χ4v) is 1.85. The number of hydrogen-bond donors (Lipinski definition) is 1. The van der Waals surface area contributed by atoms with E-state index >= 15 is 0 Å². The van der Waals surface area contributed by atoms with Crippen LogP contribution in [0.2, 0.25) is 0 Å². The minimum atomic E-state index is -0.754. The van der Waals surface area contributed by atoms with Gasteiger partial charge in [-0.3, -0.25) is 9.59 Å². The molecule has 0 fully saturated rings. The van der Waals surface area contributed by atoms with Crippen molar-refractivity contribution in [3.05, 3.63) is 20.4 Å². The van der Waals surface area contributed by atoms with E-state index in [1.807, 2.05) is 4.90 Å². The summed E-state index contributed by atoms with van der Waals surface area (Å²) in [6.45, 7) is 9.62. The Morgan fingerprint density at radius 3 is 2.18 bits per heavy atom. The van der Waals surface area contributed by atoms with Crippen molar-refractivity contribution in [3.8, 4) is 5.75 Å². The lowest BCUT2D eigenvalue weighted by Gasteiger charge is -2.32. The lowest BCUT2D eigenvalue weighted by atomic mass is 9.95. The van der Waals surface area contributed by atoms with Gasteiger partial charge in [0.05, 0.1) is 0 Å². The van der Waals surface area contributed by atoms with Gasteiger partial charge in [0.1, 0.15) is 5.69 Å². The summed E-state index contributed by atoms with van der Waals surface area (Å²) in [4.78, 5) is 24.3. The molecule has 0 radical (unpaired) electrons. The predicted octanol–water partition coefficient (Wildman–Crippen LogP) is 1.64. The molecular weight excluding hydrogens is 218 g/mol. The zero-order valence-corrected chi connectivity index (χ0v) is 11.0. The third kappa shape index (κ3) is 3.08. The Bertz CT molecular complexity index is 450. The van der Waals surface area contributed by atoms with E-state index in [0.717, 1.165) is 12.8 Å². The summed E-state index contributed by atoms with van der Waals surface area (Å²) in [5, 5.41) is 9.48. The Balaban J connectivity index is 2.92. The monoisotopic (exact) mass is 239 g/mol. The molecule has 0 aromatic heterocycles. The molecule has 0 aliphatic carbocycles. The van der Waals surface area contributed by atoms with Crippen LogP contribution < -0.4 is 15.8 Å². The van der Waals surface area contributed by atoms with E-state index in [0.29, 0.717) is 13.1 Å². The normalized spacial score (nSPS) is 12.0. The number of rotatable bonds is 5. The molecule has 0 aliphatic rings. The topological polar surface area (TPSA) is 57.6 Å². The third-order valence-corrected chi connectivity index (χ3v) is 2.62. The molecule has 1 aromatic carbocycles. The predicted molar refractivity (Wildman–Crippen MR) is 69.6 cm³/mol. The second kappa shape index (κ2) is 4.90. The minimum absolute atomic E-state index is 0.0138. The van der Waals surface area contributed by atoms with E-state index in [9.17, 15) is 14.7 Å². The number of unbranched alkanes of at least 4 members (excludes halogenated alkanes) is 1. The van der Waals surface area contributed by atoms with Crippen LogP contribution in [-0.2, 0) is 0 Å². The molecule has 4 heteroatoms. The van der Waals surface area contributed by atoms with Crippen molar-refractivity contribution in [2.75, 3.05) is 18.0 Å². The van der Waals surface area contributed by atoms with Crippen molar-refractivity contribution in [3.63, 3.8) is 0 Å². The maximum atomic E-state index is 11.5. The maximum Gasteiger partial charge on any atom is 0.271 e. The number of aromatic hydroxyl groups is 1. The van der Waals surface area contributed by atoms with Crippen LogP contribution in [0.1, 0.15) is 40.5 Å². The molecule has 4 nitrogen and oxygen atoms in total. The number of hydrogen-bond acceptors (Lipinski definition) is 4. The average molecular weight is 239 g/mol. The molecule has 17 heavy (non-hydrogen) atoms. The summed E-state index contributed by atoms with van der Waals surface area (Å²) >= 11 is 0. The van der Waals surface area contributed by atoms with Gasteiger partial charge in [-0.1, -0.05) is 34.1 Å². The second-order valence-corrected chi connectivity index (χ2v) is 5.69. The highest BCUT2D eigenvalue weighted by molar-refractivity contribution is 5.62. The molecule has 0 heterocycles. The van der Waals surface area contributed by atoms with Gasteiger partial charge >= 0.3 is 0 Å².